The van der Waals surface area contributed by atoms with E-state index in [0.717, 1.165) is 42.8 Å². The van der Waals surface area contributed by atoms with E-state index in [1.165, 1.54) is 6.42 Å². The van der Waals surface area contributed by atoms with Gasteiger partial charge in [-0.15, -0.1) is 24.0 Å². The summed E-state index contributed by atoms with van der Waals surface area (Å²) < 4.78 is 22.5. The molecule has 1 fully saturated rings. The van der Waals surface area contributed by atoms with Crippen molar-refractivity contribution in [2.75, 3.05) is 40.1 Å². The molecule has 0 bridgehead atoms. The van der Waals surface area contributed by atoms with Crippen LogP contribution in [0.2, 0.25) is 0 Å². The van der Waals surface area contributed by atoms with Gasteiger partial charge in [0.25, 0.3) is 0 Å². The van der Waals surface area contributed by atoms with Crippen LogP contribution in [-0.2, 0) is 4.74 Å². The number of aliphatic imine (C=N–C) groups is 1. The number of rotatable bonds is 6. The van der Waals surface area contributed by atoms with Crippen LogP contribution in [0.3, 0.4) is 0 Å². The molecule has 0 amide bonds. The van der Waals surface area contributed by atoms with Crippen molar-refractivity contribution in [2.45, 2.75) is 39.7 Å². The quantitative estimate of drug-likeness (QED) is 0.260. The van der Waals surface area contributed by atoms with Crippen LogP contribution in [0.1, 0.15) is 33.6 Å². The lowest BCUT2D eigenvalue weighted by molar-refractivity contribution is -0.0835. The number of hydrogen-bond acceptors (Lipinski definition) is 5. The van der Waals surface area contributed by atoms with Crippen molar-refractivity contribution < 1.29 is 18.9 Å². The molecule has 164 valence electrons. The Morgan fingerprint density at radius 1 is 1.21 bits per heavy atom. The zero-order valence-corrected chi connectivity index (χ0v) is 20.2. The van der Waals surface area contributed by atoms with Gasteiger partial charge in [0.1, 0.15) is 12.4 Å². The van der Waals surface area contributed by atoms with Gasteiger partial charge in [0.2, 0.25) is 6.79 Å². The summed E-state index contributed by atoms with van der Waals surface area (Å²) in [4.78, 5) is 4.31. The highest BCUT2D eigenvalue weighted by Gasteiger charge is 2.35. The van der Waals surface area contributed by atoms with Gasteiger partial charge in [0.15, 0.2) is 17.5 Å². The second-order valence-corrected chi connectivity index (χ2v) is 8.30. The maximum absolute atomic E-state index is 6.06. The zero-order chi connectivity index (χ0) is 20.0. The smallest absolute Gasteiger partial charge is 0.231 e. The Balaban J connectivity index is 0.00000300. The molecule has 2 aliphatic rings. The van der Waals surface area contributed by atoms with Crippen LogP contribution in [0.5, 0.6) is 17.2 Å². The number of guanidine groups is 1. The summed E-state index contributed by atoms with van der Waals surface area (Å²) in [6.07, 6.45) is 2.56. The minimum Gasteiger partial charge on any atom is -0.492 e. The van der Waals surface area contributed by atoms with Crippen LogP contribution in [0.4, 0.5) is 0 Å². The second-order valence-electron chi connectivity index (χ2n) is 8.30. The molecular weight excluding hydrogens is 485 g/mol. The molecule has 0 saturated carbocycles. The first-order valence-corrected chi connectivity index (χ1v) is 10.1. The standard InChI is InChI=1S/C21H33N3O4.HI/c1-21(2,3)19-15(6-5-10-26-19)13-24-20(22-4)23-9-11-25-16-7-8-17-18(12-16)28-14-27-17;/h7-8,12,15,19H,5-6,9-11,13-14H2,1-4H3,(H2,22,23,24);1H. The Hall–Kier alpha value is -1.42. The molecule has 29 heavy (non-hydrogen) atoms. The fourth-order valence-electron chi connectivity index (χ4n) is 3.76. The molecule has 1 aromatic rings. The third-order valence-electron chi connectivity index (χ3n) is 5.06. The largest absolute Gasteiger partial charge is 0.492 e. The number of benzene rings is 1. The number of halogens is 1. The lowest BCUT2D eigenvalue weighted by Crippen LogP contribution is -2.48. The number of nitrogens with one attached hydrogen (secondary N) is 2. The molecule has 2 unspecified atom stereocenters. The highest BCUT2D eigenvalue weighted by Crippen LogP contribution is 2.35. The number of fused-ring (bicyclic) bond motifs is 1. The molecule has 1 saturated heterocycles. The maximum Gasteiger partial charge on any atom is 0.231 e. The topological polar surface area (TPSA) is 73.3 Å². The summed E-state index contributed by atoms with van der Waals surface area (Å²) in [5.41, 5.74) is 0.141. The summed E-state index contributed by atoms with van der Waals surface area (Å²) in [5.74, 6) is 3.52. The number of hydrogen-bond donors (Lipinski definition) is 2. The van der Waals surface area contributed by atoms with E-state index in [1.807, 2.05) is 18.2 Å². The normalized spacial score (nSPS) is 21.3. The van der Waals surface area contributed by atoms with E-state index in [1.54, 1.807) is 7.05 Å². The van der Waals surface area contributed by atoms with Gasteiger partial charge in [0, 0.05) is 32.2 Å². The van der Waals surface area contributed by atoms with Gasteiger partial charge in [-0.25, -0.2) is 0 Å². The lowest BCUT2D eigenvalue weighted by atomic mass is 9.78. The summed E-state index contributed by atoms with van der Waals surface area (Å²) in [7, 11) is 1.78. The molecule has 0 aliphatic carbocycles. The zero-order valence-electron chi connectivity index (χ0n) is 17.8. The molecule has 8 heteroatoms. The Morgan fingerprint density at radius 2 is 2.00 bits per heavy atom. The molecule has 2 atom stereocenters. The monoisotopic (exact) mass is 519 g/mol. The highest BCUT2D eigenvalue weighted by molar-refractivity contribution is 14.0. The van der Waals surface area contributed by atoms with Gasteiger partial charge < -0.3 is 29.6 Å². The van der Waals surface area contributed by atoms with Crippen LogP contribution >= 0.6 is 24.0 Å². The molecule has 1 aromatic carbocycles. The van der Waals surface area contributed by atoms with Crippen LogP contribution in [0, 0.1) is 11.3 Å². The molecule has 0 aromatic heterocycles. The summed E-state index contributed by atoms with van der Waals surface area (Å²) >= 11 is 0. The summed E-state index contributed by atoms with van der Waals surface area (Å²) in [6, 6.07) is 5.60. The van der Waals surface area contributed by atoms with Crippen molar-refractivity contribution in [3.05, 3.63) is 18.2 Å². The van der Waals surface area contributed by atoms with Crippen molar-refractivity contribution in [1.82, 2.24) is 10.6 Å². The Bertz CT molecular complexity index is 678. The number of nitrogens with zero attached hydrogens (tertiary/aromatic N) is 1. The van der Waals surface area contributed by atoms with Gasteiger partial charge in [-0.3, -0.25) is 4.99 Å². The van der Waals surface area contributed by atoms with Crippen molar-refractivity contribution in [3.63, 3.8) is 0 Å². The van der Waals surface area contributed by atoms with Gasteiger partial charge in [0.05, 0.1) is 12.6 Å². The fraction of sp³-hybridized carbons (Fsp3) is 0.667. The molecule has 2 aliphatic heterocycles. The van der Waals surface area contributed by atoms with E-state index in [-0.39, 0.29) is 42.3 Å². The maximum atomic E-state index is 6.06. The van der Waals surface area contributed by atoms with Crippen LogP contribution in [-0.4, -0.2) is 52.2 Å². The third kappa shape index (κ3) is 6.80. The predicted octanol–water partition coefficient (Wildman–Crippen LogP) is 3.42. The van der Waals surface area contributed by atoms with E-state index in [9.17, 15) is 0 Å². The molecular formula is C21H34IN3O4. The van der Waals surface area contributed by atoms with Gasteiger partial charge >= 0.3 is 0 Å². The van der Waals surface area contributed by atoms with E-state index < -0.39 is 0 Å². The molecule has 0 spiro atoms. The molecule has 3 rings (SSSR count). The molecule has 2 heterocycles. The van der Waals surface area contributed by atoms with Crippen molar-refractivity contribution >= 4 is 29.9 Å². The first-order valence-electron chi connectivity index (χ1n) is 10.1. The SMILES string of the molecule is CN=C(NCCOc1ccc2c(c1)OCO2)NCC1CCCOC1C(C)(C)C.I. The minimum absolute atomic E-state index is 0. The Morgan fingerprint density at radius 3 is 2.76 bits per heavy atom. The summed E-state index contributed by atoms with van der Waals surface area (Å²) in [6.45, 7) is 9.90. The predicted molar refractivity (Wildman–Crippen MR) is 125 cm³/mol. The Kier molecular flexibility index (Phi) is 9.13. The van der Waals surface area contributed by atoms with Crippen LogP contribution < -0.4 is 24.8 Å². The lowest BCUT2D eigenvalue weighted by Gasteiger charge is -2.40. The molecule has 7 nitrogen and oxygen atoms in total. The second kappa shape index (κ2) is 11.1. The average Bonchev–Trinajstić information content (AvgIpc) is 3.15. The van der Waals surface area contributed by atoms with E-state index in [4.69, 9.17) is 18.9 Å². The van der Waals surface area contributed by atoms with Gasteiger partial charge in [-0.05, 0) is 30.4 Å². The van der Waals surface area contributed by atoms with Crippen LogP contribution in [0.25, 0.3) is 0 Å². The first kappa shape index (κ1) is 23.9. The first-order chi connectivity index (χ1) is 13.5. The fourth-order valence-corrected chi connectivity index (χ4v) is 3.76. The summed E-state index contributed by atoms with van der Waals surface area (Å²) in [5, 5.41) is 6.74. The minimum atomic E-state index is 0. The third-order valence-corrected chi connectivity index (χ3v) is 5.06. The van der Waals surface area contributed by atoms with E-state index in [0.29, 0.717) is 19.1 Å². The molecule has 0 radical (unpaired) electrons. The van der Waals surface area contributed by atoms with E-state index >= 15 is 0 Å². The van der Waals surface area contributed by atoms with E-state index in [2.05, 4.69) is 36.4 Å². The van der Waals surface area contributed by atoms with Crippen molar-refractivity contribution in [2.24, 2.45) is 16.3 Å². The highest BCUT2D eigenvalue weighted by atomic mass is 127. The molecule has 2 N–H and O–H groups in total. The van der Waals surface area contributed by atoms with Crippen molar-refractivity contribution in [3.8, 4) is 17.2 Å². The Labute approximate surface area is 190 Å². The van der Waals surface area contributed by atoms with Crippen LogP contribution in [0.15, 0.2) is 23.2 Å². The van der Waals surface area contributed by atoms with Crippen molar-refractivity contribution in [1.29, 1.82) is 0 Å². The number of ether oxygens (including phenoxy) is 4. The van der Waals surface area contributed by atoms with Gasteiger partial charge in [-0.2, -0.15) is 0 Å². The van der Waals surface area contributed by atoms with Gasteiger partial charge in [-0.1, -0.05) is 20.8 Å². The average molecular weight is 519 g/mol.